The zero-order chi connectivity index (χ0) is 13.2. The summed E-state index contributed by atoms with van der Waals surface area (Å²) in [7, 11) is 0. The van der Waals surface area contributed by atoms with Gasteiger partial charge in [0.15, 0.2) is 0 Å². The maximum absolute atomic E-state index is 11.5. The number of anilines is 2. The number of hydrogen-bond donors (Lipinski definition) is 2. The molecule has 0 saturated carbocycles. The minimum absolute atomic E-state index is 0.117. The minimum atomic E-state index is 0.117. The summed E-state index contributed by atoms with van der Waals surface area (Å²) in [5, 5.41) is 3.40. The van der Waals surface area contributed by atoms with Crippen LogP contribution in [0, 0.1) is 0 Å². The molecule has 4 nitrogen and oxygen atoms in total. The van der Waals surface area contributed by atoms with Crippen molar-refractivity contribution in [3.05, 3.63) is 47.8 Å². The van der Waals surface area contributed by atoms with Crippen LogP contribution in [0.4, 0.5) is 11.4 Å². The van der Waals surface area contributed by atoms with E-state index in [0.29, 0.717) is 0 Å². The van der Waals surface area contributed by atoms with Gasteiger partial charge in [-0.2, -0.15) is 0 Å². The Morgan fingerprint density at radius 1 is 1.42 bits per heavy atom. The van der Waals surface area contributed by atoms with Crippen molar-refractivity contribution >= 4 is 17.3 Å². The van der Waals surface area contributed by atoms with Crippen LogP contribution >= 0.6 is 0 Å². The summed E-state index contributed by atoms with van der Waals surface area (Å²) in [6, 6.07) is 8.26. The van der Waals surface area contributed by atoms with Crippen LogP contribution in [0.2, 0.25) is 0 Å². The normalized spacial score (nSPS) is 13.4. The number of nitrogens with zero attached hydrogens (tertiary/aromatic N) is 1. The summed E-state index contributed by atoms with van der Waals surface area (Å²) in [6.45, 7) is 3.22. The van der Waals surface area contributed by atoms with Gasteiger partial charge < -0.3 is 15.2 Å². The predicted molar refractivity (Wildman–Crippen MR) is 76.3 cm³/mol. The Bertz CT molecular complexity index is 589. The molecule has 4 heteroatoms. The molecule has 0 fully saturated rings. The van der Waals surface area contributed by atoms with Crippen LogP contribution < -0.4 is 10.2 Å². The fourth-order valence-electron chi connectivity index (χ4n) is 2.51. The lowest BCUT2D eigenvalue weighted by molar-refractivity contribution is -0.116. The molecule has 1 aromatic carbocycles. The van der Waals surface area contributed by atoms with Crippen molar-refractivity contribution in [2.45, 2.75) is 19.9 Å². The van der Waals surface area contributed by atoms with Crippen molar-refractivity contribution in [3.8, 4) is 0 Å². The first-order chi connectivity index (χ1) is 9.24. The fourth-order valence-corrected chi connectivity index (χ4v) is 2.51. The number of carbonyl (C=O) groups excluding carboxylic acids is 1. The van der Waals surface area contributed by atoms with E-state index in [-0.39, 0.29) is 5.91 Å². The van der Waals surface area contributed by atoms with Gasteiger partial charge in [0.05, 0.1) is 0 Å². The van der Waals surface area contributed by atoms with E-state index in [9.17, 15) is 4.79 Å². The number of aromatic nitrogens is 1. The molecule has 1 aliphatic heterocycles. The molecule has 0 unspecified atom stereocenters. The number of rotatable bonds is 3. The van der Waals surface area contributed by atoms with Gasteiger partial charge in [-0.1, -0.05) is 0 Å². The summed E-state index contributed by atoms with van der Waals surface area (Å²) in [4.78, 5) is 16.4. The van der Waals surface area contributed by atoms with Gasteiger partial charge in [-0.05, 0) is 41.8 Å². The summed E-state index contributed by atoms with van der Waals surface area (Å²) < 4.78 is 0. The first kappa shape index (κ1) is 11.8. The molecular formula is C15H17N3O. The molecule has 0 aliphatic carbocycles. The summed E-state index contributed by atoms with van der Waals surface area (Å²) in [6.07, 6.45) is 4.84. The highest BCUT2D eigenvalue weighted by atomic mass is 16.2. The highest BCUT2D eigenvalue weighted by molar-refractivity contribution is 5.94. The third-order valence-corrected chi connectivity index (χ3v) is 3.51. The smallest absolute Gasteiger partial charge is 0.223 e. The number of hydrogen-bond acceptors (Lipinski definition) is 2. The van der Waals surface area contributed by atoms with Gasteiger partial charge in [0.25, 0.3) is 0 Å². The molecule has 3 rings (SSSR count). The van der Waals surface area contributed by atoms with E-state index in [4.69, 9.17) is 0 Å². The van der Waals surface area contributed by atoms with E-state index >= 15 is 0 Å². The van der Waals surface area contributed by atoms with Crippen LogP contribution in [-0.4, -0.2) is 17.4 Å². The number of H-pyrrole nitrogens is 1. The molecule has 0 bridgehead atoms. The van der Waals surface area contributed by atoms with E-state index in [0.717, 1.165) is 30.9 Å². The topological polar surface area (TPSA) is 48.1 Å². The van der Waals surface area contributed by atoms with Gasteiger partial charge >= 0.3 is 0 Å². The second-order valence-electron chi connectivity index (χ2n) is 4.84. The zero-order valence-corrected chi connectivity index (χ0v) is 10.9. The molecule has 2 heterocycles. The maximum Gasteiger partial charge on any atom is 0.223 e. The number of fused-ring (bicyclic) bond motifs is 1. The molecule has 2 aromatic rings. The Balaban J connectivity index is 1.74. The van der Waals surface area contributed by atoms with E-state index in [1.807, 2.05) is 29.4 Å². The zero-order valence-electron chi connectivity index (χ0n) is 10.9. The number of aromatic amines is 1. The van der Waals surface area contributed by atoms with Gasteiger partial charge in [0, 0.05) is 43.8 Å². The van der Waals surface area contributed by atoms with Crippen LogP contribution in [0.15, 0.2) is 36.7 Å². The molecule has 1 aromatic heterocycles. The van der Waals surface area contributed by atoms with Crippen LogP contribution in [0.5, 0.6) is 0 Å². The van der Waals surface area contributed by atoms with Gasteiger partial charge in [-0.15, -0.1) is 0 Å². The van der Waals surface area contributed by atoms with Crippen molar-refractivity contribution in [2.75, 3.05) is 16.8 Å². The molecule has 1 amide bonds. The second-order valence-corrected chi connectivity index (χ2v) is 4.84. The average Bonchev–Trinajstić information content (AvgIpc) is 3.05. The van der Waals surface area contributed by atoms with E-state index in [1.165, 1.54) is 11.1 Å². The van der Waals surface area contributed by atoms with Gasteiger partial charge in [0.2, 0.25) is 5.91 Å². The molecule has 0 saturated heterocycles. The maximum atomic E-state index is 11.5. The first-order valence-corrected chi connectivity index (χ1v) is 6.50. The Labute approximate surface area is 112 Å². The number of carbonyl (C=O) groups is 1. The third kappa shape index (κ3) is 2.34. The lowest BCUT2D eigenvalue weighted by atomic mass is 10.1. The molecule has 0 atom stereocenters. The average molecular weight is 255 g/mol. The van der Waals surface area contributed by atoms with Crippen LogP contribution in [-0.2, 0) is 17.8 Å². The highest BCUT2D eigenvalue weighted by Gasteiger charge is 2.21. The fraction of sp³-hybridized carbons (Fsp3) is 0.267. The van der Waals surface area contributed by atoms with Gasteiger partial charge in [0.1, 0.15) is 0 Å². The quantitative estimate of drug-likeness (QED) is 0.885. The molecule has 2 N–H and O–H groups in total. The lowest BCUT2D eigenvalue weighted by Gasteiger charge is -2.15. The predicted octanol–water partition coefficient (Wildman–Crippen LogP) is 2.54. The number of nitrogens with one attached hydrogen (secondary N) is 2. The van der Waals surface area contributed by atoms with Crippen molar-refractivity contribution in [2.24, 2.45) is 0 Å². The summed E-state index contributed by atoms with van der Waals surface area (Å²) >= 11 is 0. The van der Waals surface area contributed by atoms with Crippen LogP contribution in [0.1, 0.15) is 18.1 Å². The van der Waals surface area contributed by atoms with Crippen molar-refractivity contribution in [3.63, 3.8) is 0 Å². The molecule has 0 spiro atoms. The molecule has 19 heavy (non-hydrogen) atoms. The molecule has 98 valence electrons. The Morgan fingerprint density at radius 2 is 2.32 bits per heavy atom. The summed E-state index contributed by atoms with van der Waals surface area (Å²) in [5.41, 5.74) is 4.63. The van der Waals surface area contributed by atoms with Gasteiger partial charge in [-0.3, -0.25) is 4.79 Å². The Morgan fingerprint density at radius 3 is 3.05 bits per heavy atom. The Kier molecular flexibility index (Phi) is 2.99. The number of amides is 1. The first-order valence-electron chi connectivity index (χ1n) is 6.50. The highest BCUT2D eigenvalue weighted by Crippen LogP contribution is 2.30. The third-order valence-electron chi connectivity index (χ3n) is 3.51. The summed E-state index contributed by atoms with van der Waals surface area (Å²) in [5.74, 6) is 0.117. The number of benzene rings is 1. The van der Waals surface area contributed by atoms with Crippen molar-refractivity contribution in [1.82, 2.24) is 4.98 Å². The molecular weight excluding hydrogens is 238 g/mol. The SMILES string of the molecule is CC(=O)N1CCc2cc(NCc3cc[nH]c3)ccc21. The monoisotopic (exact) mass is 255 g/mol. The van der Waals surface area contributed by atoms with Crippen molar-refractivity contribution < 1.29 is 4.79 Å². The molecule has 1 aliphatic rings. The lowest BCUT2D eigenvalue weighted by Crippen LogP contribution is -2.25. The van der Waals surface area contributed by atoms with E-state index < -0.39 is 0 Å². The van der Waals surface area contributed by atoms with Gasteiger partial charge in [-0.25, -0.2) is 0 Å². The largest absolute Gasteiger partial charge is 0.381 e. The van der Waals surface area contributed by atoms with Crippen molar-refractivity contribution in [1.29, 1.82) is 0 Å². The second kappa shape index (κ2) is 4.80. The standard InChI is InChI=1S/C15H17N3O/c1-11(19)18-7-5-13-8-14(2-3-15(13)18)17-10-12-4-6-16-9-12/h2-4,6,8-9,16-17H,5,7,10H2,1H3. The molecule has 0 radical (unpaired) electrons. The Hall–Kier alpha value is -2.23. The van der Waals surface area contributed by atoms with E-state index in [2.05, 4.69) is 22.4 Å². The minimum Gasteiger partial charge on any atom is -0.381 e. The van der Waals surface area contributed by atoms with Crippen LogP contribution in [0.25, 0.3) is 0 Å². The van der Waals surface area contributed by atoms with Crippen LogP contribution in [0.3, 0.4) is 0 Å². The van der Waals surface area contributed by atoms with E-state index in [1.54, 1.807) is 6.92 Å².